The van der Waals surface area contributed by atoms with E-state index in [-0.39, 0.29) is 24.3 Å². The molecule has 2 aliphatic rings. The molecule has 4 rings (SSSR count). The van der Waals surface area contributed by atoms with Crippen molar-refractivity contribution in [1.82, 2.24) is 15.5 Å². The first-order chi connectivity index (χ1) is 17.7. The van der Waals surface area contributed by atoms with Crippen LogP contribution in [-0.2, 0) is 9.53 Å². The van der Waals surface area contributed by atoms with Crippen molar-refractivity contribution in [3.63, 3.8) is 0 Å². The zero-order valence-electron chi connectivity index (χ0n) is 20.2. The Kier molecular flexibility index (Phi) is 9.07. The fourth-order valence-electron chi connectivity index (χ4n) is 4.66. The maximum atomic E-state index is 13.0. The summed E-state index contributed by atoms with van der Waals surface area (Å²) in [6.07, 6.45) is -2.98. The highest BCUT2D eigenvalue weighted by Crippen LogP contribution is 2.34. The van der Waals surface area contributed by atoms with Crippen LogP contribution >= 0.6 is 23.4 Å². The summed E-state index contributed by atoms with van der Waals surface area (Å²) in [6.45, 7) is 2.22. The highest BCUT2D eigenvalue weighted by molar-refractivity contribution is 7.99. The van der Waals surface area contributed by atoms with Crippen LogP contribution in [0.3, 0.4) is 0 Å². The molecule has 2 aromatic carbocycles. The number of thioether (sulfide) groups is 1. The summed E-state index contributed by atoms with van der Waals surface area (Å²) in [6, 6.07) is 7.77. The lowest BCUT2D eigenvalue weighted by Gasteiger charge is -2.42. The van der Waals surface area contributed by atoms with Crippen molar-refractivity contribution in [3.05, 3.63) is 46.5 Å². The molecule has 10 nitrogen and oxygen atoms in total. The summed E-state index contributed by atoms with van der Waals surface area (Å²) >= 11 is 7.60. The van der Waals surface area contributed by atoms with E-state index in [1.165, 1.54) is 23.6 Å². The second kappa shape index (κ2) is 12.1. The lowest BCUT2D eigenvalue weighted by Crippen LogP contribution is -2.63. The SMILES string of the molecule is CC(=O)N[C@@H]1[C@@H](O)[C@H](O)[C@@H](CO)O[C@H]1SCCNCCCN1C(=O)c2cccc3c(Cl)ccc(c23)C1=O. The monoisotopic (exact) mass is 551 g/mol. The average molecular weight is 552 g/mol. The molecule has 5 N–H and O–H groups in total. The molecule has 3 amide bonds. The van der Waals surface area contributed by atoms with Gasteiger partial charge in [0.05, 0.1) is 12.6 Å². The van der Waals surface area contributed by atoms with Gasteiger partial charge in [0.25, 0.3) is 11.8 Å². The zero-order valence-corrected chi connectivity index (χ0v) is 21.8. The lowest BCUT2D eigenvalue weighted by molar-refractivity contribution is -0.173. The minimum atomic E-state index is -1.31. The summed E-state index contributed by atoms with van der Waals surface area (Å²) in [4.78, 5) is 38.8. The van der Waals surface area contributed by atoms with Gasteiger partial charge >= 0.3 is 0 Å². The Hall–Kier alpha value is -2.25. The van der Waals surface area contributed by atoms with E-state index in [1.807, 2.05) is 0 Å². The van der Waals surface area contributed by atoms with E-state index in [1.54, 1.807) is 30.3 Å². The second-order valence-electron chi connectivity index (χ2n) is 8.99. The van der Waals surface area contributed by atoms with Gasteiger partial charge in [0.15, 0.2) is 0 Å². The van der Waals surface area contributed by atoms with Crippen LogP contribution in [0.1, 0.15) is 34.1 Å². The van der Waals surface area contributed by atoms with Crippen LogP contribution in [0.25, 0.3) is 10.8 Å². The number of imide groups is 1. The topological polar surface area (TPSA) is 148 Å². The lowest BCUT2D eigenvalue weighted by atomic mass is 9.94. The minimum absolute atomic E-state index is 0.259. The molecule has 1 saturated heterocycles. The quantitative estimate of drug-likeness (QED) is 0.213. The summed E-state index contributed by atoms with van der Waals surface area (Å²) in [7, 11) is 0. The van der Waals surface area contributed by atoms with Crippen LogP contribution in [0.15, 0.2) is 30.3 Å². The van der Waals surface area contributed by atoms with Crippen molar-refractivity contribution in [2.45, 2.75) is 43.1 Å². The summed E-state index contributed by atoms with van der Waals surface area (Å²) in [5, 5.41) is 37.5. The number of hydrogen-bond donors (Lipinski definition) is 5. The molecule has 0 aliphatic carbocycles. The van der Waals surface area contributed by atoms with Gasteiger partial charge in [-0.1, -0.05) is 23.7 Å². The van der Waals surface area contributed by atoms with Crippen LogP contribution in [0.2, 0.25) is 5.02 Å². The number of hydrogen-bond acceptors (Lipinski definition) is 9. The number of nitrogens with one attached hydrogen (secondary N) is 2. The molecule has 12 heteroatoms. The van der Waals surface area contributed by atoms with Gasteiger partial charge in [-0.25, -0.2) is 0 Å². The molecule has 1 fully saturated rings. The molecule has 0 saturated carbocycles. The number of nitrogens with zero attached hydrogens (tertiary/aromatic N) is 1. The number of ether oxygens (including phenoxy) is 1. The molecule has 2 aromatic rings. The van der Waals surface area contributed by atoms with Crippen molar-refractivity contribution < 1.29 is 34.4 Å². The fraction of sp³-hybridized carbons (Fsp3) is 0.480. The molecule has 0 radical (unpaired) electrons. The largest absolute Gasteiger partial charge is 0.394 e. The van der Waals surface area contributed by atoms with Gasteiger partial charge in [-0.3, -0.25) is 19.3 Å². The van der Waals surface area contributed by atoms with Gasteiger partial charge in [0.1, 0.15) is 23.7 Å². The third-order valence-electron chi connectivity index (χ3n) is 6.49. The van der Waals surface area contributed by atoms with Crippen molar-refractivity contribution in [2.24, 2.45) is 0 Å². The van der Waals surface area contributed by atoms with Crippen molar-refractivity contribution in [1.29, 1.82) is 0 Å². The minimum Gasteiger partial charge on any atom is -0.394 e. The number of carbonyl (C=O) groups is 3. The smallest absolute Gasteiger partial charge is 0.261 e. The van der Waals surface area contributed by atoms with Gasteiger partial charge in [0, 0.05) is 52.7 Å². The summed E-state index contributed by atoms with van der Waals surface area (Å²) < 4.78 is 5.69. The van der Waals surface area contributed by atoms with Crippen LogP contribution in [-0.4, -0.2) is 99.7 Å². The van der Waals surface area contributed by atoms with Gasteiger partial charge in [-0.15, -0.1) is 11.8 Å². The van der Waals surface area contributed by atoms with Gasteiger partial charge in [-0.05, 0) is 31.2 Å². The van der Waals surface area contributed by atoms with Crippen LogP contribution in [0.5, 0.6) is 0 Å². The Morgan fingerprint density at radius 2 is 1.84 bits per heavy atom. The fourth-order valence-corrected chi connectivity index (χ4v) is 6.03. The predicted octanol–water partition coefficient (Wildman–Crippen LogP) is 0.746. The Morgan fingerprint density at radius 1 is 1.11 bits per heavy atom. The average Bonchev–Trinajstić information content (AvgIpc) is 2.88. The Balaban J connectivity index is 1.25. The molecule has 0 spiro atoms. The van der Waals surface area contributed by atoms with Crippen molar-refractivity contribution in [2.75, 3.05) is 32.0 Å². The van der Waals surface area contributed by atoms with Crippen LogP contribution < -0.4 is 10.6 Å². The van der Waals surface area contributed by atoms with Gasteiger partial charge in [0.2, 0.25) is 5.91 Å². The molecular formula is C25H30ClN3O7S. The molecule has 2 heterocycles. The number of benzene rings is 2. The van der Waals surface area contributed by atoms with E-state index in [0.29, 0.717) is 52.2 Å². The van der Waals surface area contributed by atoms with Gasteiger partial charge in [-0.2, -0.15) is 0 Å². The normalized spacial score (nSPS) is 25.5. The number of aliphatic hydroxyl groups excluding tert-OH is 3. The second-order valence-corrected chi connectivity index (χ2v) is 10.6. The molecule has 200 valence electrons. The van der Waals surface area contributed by atoms with Crippen molar-refractivity contribution >= 4 is 51.9 Å². The molecule has 0 unspecified atom stereocenters. The molecule has 0 bridgehead atoms. The maximum Gasteiger partial charge on any atom is 0.261 e. The summed E-state index contributed by atoms with van der Waals surface area (Å²) in [5.41, 5.74) is 0.281. The zero-order chi connectivity index (χ0) is 26.7. The van der Waals surface area contributed by atoms with Crippen LogP contribution in [0, 0.1) is 0 Å². The summed E-state index contributed by atoms with van der Waals surface area (Å²) in [5.74, 6) is -0.480. The maximum absolute atomic E-state index is 13.0. The van der Waals surface area contributed by atoms with Crippen molar-refractivity contribution in [3.8, 4) is 0 Å². The molecular weight excluding hydrogens is 522 g/mol. The third-order valence-corrected chi connectivity index (χ3v) is 7.99. The van der Waals surface area contributed by atoms with E-state index < -0.39 is 36.4 Å². The highest BCUT2D eigenvalue weighted by atomic mass is 35.5. The molecule has 2 aliphatic heterocycles. The first-order valence-corrected chi connectivity index (χ1v) is 13.5. The van der Waals surface area contributed by atoms with E-state index in [9.17, 15) is 29.7 Å². The first kappa shape index (κ1) is 27.8. The first-order valence-electron chi connectivity index (χ1n) is 12.0. The van der Waals surface area contributed by atoms with E-state index in [0.717, 1.165) is 0 Å². The molecule has 37 heavy (non-hydrogen) atoms. The molecule has 0 aromatic heterocycles. The standard InChI is InChI=1S/C25H30ClN3O7S/c1-13(31)28-20-22(33)21(32)18(12-30)36-25(20)37-11-9-27-8-3-10-29-23(34)15-5-2-4-14-17(26)7-6-16(19(14)15)24(29)35/h2,4-7,18,20-22,25,27,30,32-33H,3,8-12H2,1H3,(H,28,31)/t18-,20-,21-,22-,25+/m1/s1. The van der Waals surface area contributed by atoms with Crippen LogP contribution in [0.4, 0.5) is 0 Å². The number of carbonyl (C=O) groups excluding carboxylic acids is 3. The Labute approximate surface area is 223 Å². The number of rotatable bonds is 10. The van der Waals surface area contributed by atoms with Gasteiger partial charge < -0.3 is 30.7 Å². The van der Waals surface area contributed by atoms with E-state index in [4.69, 9.17) is 16.3 Å². The Bertz CT molecular complexity index is 1160. The molecule has 5 atom stereocenters. The number of halogens is 1. The van der Waals surface area contributed by atoms with E-state index in [2.05, 4.69) is 10.6 Å². The predicted molar refractivity (Wildman–Crippen MR) is 140 cm³/mol. The third kappa shape index (κ3) is 5.78. The van der Waals surface area contributed by atoms with E-state index >= 15 is 0 Å². The highest BCUT2D eigenvalue weighted by Gasteiger charge is 2.44. The number of aliphatic hydroxyl groups is 3. The Morgan fingerprint density at radius 3 is 2.54 bits per heavy atom. The number of amides is 3.